The molecule has 0 amide bonds. The van der Waals surface area contributed by atoms with Gasteiger partial charge in [-0.3, -0.25) is 9.59 Å². The van der Waals surface area contributed by atoms with Crippen molar-refractivity contribution in [3.8, 4) is 0 Å². The molecule has 3 rings (SSSR count). The Hall–Kier alpha value is -2.56. The second kappa shape index (κ2) is 8.18. The molecule has 0 aliphatic heterocycles. The predicted molar refractivity (Wildman–Crippen MR) is 104 cm³/mol. The van der Waals surface area contributed by atoms with Crippen LogP contribution in [0.1, 0.15) is 36.8 Å². The van der Waals surface area contributed by atoms with E-state index < -0.39 is 40.0 Å². The lowest BCUT2D eigenvalue weighted by molar-refractivity contribution is -0.143. The summed E-state index contributed by atoms with van der Waals surface area (Å²) in [6, 6.07) is 0.824. The summed E-state index contributed by atoms with van der Waals surface area (Å²) in [4.78, 5) is 26.1. The molecule has 2 atom stereocenters. The van der Waals surface area contributed by atoms with Crippen LogP contribution in [0.3, 0.4) is 0 Å². The molecule has 1 saturated carbocycles. The van der Waals surface area contributed by atoms with Gasteiger partial charge in [0.25, 0.3) is 10.9 Å². The first kappa shape index (κ1) is 23.1. The average molecular weight is 449 g/mol. The molecule has 0 spiro atoms. The van der Waals surface area contributed by atoms with Gasteiger partial charge in [-0.15, -0.1) is 0 Å². The van der Waals surface area contributed by atoms with Crippen molar-refractivity contribution in [3.63, 3.8) is 0 Å². The Labute approximate surface area is 173 Å². The lowest BCUT2D eigenvalue weighted by Gasteiger charge is -2.37. The summed E-state index contributed by atoms with van der Waals surface area (Å²) in [7, 11) is 3.74. The van der Waals surface area contributed by atoms with Gasteiger partial charge in [0.1, 0.15) is 11.4 Å². The molecule has 170 valence electrons. The topological polar surface area (TPSA) is 61.4 Å². The number of hydrogen-bond donors (Lipinski definition) is 2. The Balaban J connectivity index is 1.93. The van der Waals surface area contributed by atoms with E-state index in [-0.39, 0.29) is 29.5 Å². The molecule has 31 heavy (non-hydrogen) atoms. The molecule has 11 heteroatoms. The van der Waals surface area contributed by atoms with E-state index >= 15 is 0 Å². The zero-order chi connectivity index (χ0) is 23.1. The van der Waals surface area contributed by atoms with Gasteiger partial charge in [0, 0.05) is 17.8 Å². The average Bonchev–Trinajstić information content (AvgIpc) is 2.69. The normalized spacial score (nSPS) is 20.3. The van der Waals surface area contributed by atoms with Gasteiger partial charge in [-0.2, -0.15) is 26.3 Å². The Kier molecular flexibility index (Phi) is 6.09. The molecule has 0 aromatic heterocycles. The van der Waals surface area contributed by atoms with Crippen molar-refractivity contribution in [3.05, 3.63) is 49.8 Å². The summed E-state index contributed by atoms with van der Waals surface area (Å²) in [6.07, 6.45) is -6.60. The first-order valence-electron chi connectivity index (χ1n) is 9.62. The minimum Gasteiger partial charge on any atom is -0.376 e. The van der Waals surface area contributed by atoms with Gasteiger partial charge in [-0.05, 0) is 45.1 Å². The third kappa shape index (κ3) is 4.86. The van der Waals surface area contributed by atoms with Crippen LogP contribution >= 0.6 is 0 Å². The van der Waals surface area contributed by atoms with Crippen LogP contribution in [-0.2, 0) is 12.4 Å². The monoisotopic (exact) mass is 449 g/mol. The van der Waals surface area contributed by atoms with E-state index in [0.29, 0.717) is 18.6 Å². The van der Waals surface area contributed by atoms with Crippen molar-refractivity contribution in [2.45, 2.75) is 50.1 Å². The van der Waals surface area contributed by atoms with E-state index in [1.807, 2.05) is 19.0 Å². The molecule has 1 unspecified atom stereocenters. The number of halogens is 6. The summed E-state index contributed by atoms with van der Waals surface area (Å²) in [5.41, 5.74) is -5.91. The molecule has 2 N–H and O–H groups in total. The molecular formula is C20H21F6N3O2. The van der Waals surface area contributed by atoms with Crippen LogP contribution in [0, 0.1) is 0 Å². The Morgan fingerprint density at radius 3 is 1.87 bits per heavy atom. The van der Waals surface area contributed by atoms with Crippen LogP contribution < -0.4 is 21.5 Å². The smallest absolute Gasteiger partial charge is 0.376 e. The van der Waals surface area contributed by atoms with E-state index in [2.05, 4.69) is 10.6 Å². The Bertz CT molecular complexity index is 989. The largest absolute Gasteiger partial charge is 0.416 e. The maximum atomic E-state index is 13.1. The maximum absolute atomic E-state index is 13.1. The molecule has 1 fully saturated rings. The van der Waals surface area contributed by atoms with Crippen molar-refractivity contribution in [2.75, 3.05) is 24.7 Å². The quantitative estimate of drug-likeness (QED) is 0.525. The second-order valence-corrected chi connectivity index (χ2v) is 7.89. The third-order valence-corrected chi connectivity index (χ3v) is 5.49. The van der Waals surface area contributed by atoms with Crippen LogP contribution in [0.15, 0.2) is 27.8 Å². The summed E-state index contributed by atoms with van der Waals surface area (Å²) in [6.45, 7) is 0. The van der Waals surface area contributed by atoms with Gasteiger partial charge < -0.3 is 15.5 Å². The summed E-state index contributed by atoms with van der Waals surface area (Å²) in [5, 5.41) is 5.29. The number of nitrogens with one attached hydrogen (secondary N) is 2. The molecule has 2 aromatic carbocycles. The Morgan fingerprint density at radius 2 is 1.35 bits per heavy atom. The summed E-state index contributed by atoms with van der Waals surface area (Å²) < 4.78 is 78.4. The lowest BCUT2D eigenvalue weighted by Crippen LogP contribution is -2.48. The molecule has 5 nitrogen and oxygen atoms in total. The fraction of sp³-hybridized carbons (Fsp3) is 0.500. The zero-order valence-electron chi connectivity index (χ0n) is 16.7. The maximum Gasteiger partial charge on any atom is 0.416 e. The van der Waals surface area contributed by atoms with Crippen molar-refractivity contribution in [2.24, 2.45) is 0 Å². The molecule has 2 aromatic rings. The SMILES string of the molecule is CN(C)C1CCCC[C@@H]1Nc1c(Nc2cc(C(F)(F)F)cc(C(F)(F)F)c2)c(=O)c1=O. The lowest BCUT2D eigenvalue weighted by atomic mass is 9.89. The van der Waals surface area contributed by atoms with Crippen molar-refractivity contribution in [1.29, 1.82) is 0 Å². The minimum atomic E-state index is -5.02. The van der Waals surface area contributed by atoms with Crippen LogP contribution in [-0.4, -0.2) is 31.1 Å². The predicted octanol–water partition coefficient (Wildman–Crippen LogP) is 4.35. The number of nitrogens with zero attached hydrogens (tertiary/aromatic N) is 1. The van der Waals surface area contributed by atoms with Crippen molar-refractivity contribution < 1.29 is 26.3 Å². The van der Waals surface area contributed by atoms with Crippen molar-refractivity contribution >= 4 is 17.1 Å². The fourth-order valence-electron chi connectivity index (χ4n) is 3.90. The second-order valence-electron chi connectivity index (χ2n) is 7.89. The Morgan fingerprint density at radius 1 is 0.839 bits per heavy atom. The van der Waals surface area contributed by atoms with E-state index in [1.54, 1.807) is 0 Å². The zero-order valence-corrected chi connectivity index (χ0v) is 16.7. The molecule has 0 saturated heterocycles. The highest BCUT2D eigenvalue weighted by atomic mass is 19.4. The number of hydrogen-bond acceptors (Lipinski definition) is 5. The molecule has 0 bridgehead atoms. The highest BCUT2D eigenvalue weighted by Crippen LogP contribution is 2.38. The van der Waals surface area contributed by atoms with Gasteiger partial charge in [-0.25, -0.2) is 0 Å². The van der Waals surface area contributed by atoms with Gasteiger partial charge >= 0.3 is 12.4 Å². The van der Waals surface area contributed by atoms with E-state index in [4.69, 9.17) is 0 Å². The minimum absolute atomic E-state index is 0.00379. The number of anilines is 3. The summed E-state index contributed by atoms with van der Waals surface area (Å²) >= 11 is 0. The number of alkyl halides is 6. The van der Waals surface area contributed by atoms with Crippen LogP contribution in [0.25, 0.3) is 0 Å². The van der Waals surface area contributed by atoms with Gasteiger partial charge in [0.05, 0.1) is 11.1 Å². The van der Waals surface area contributed by atoms with Crippen LogP contribution in [0.2, 0.25) is 0 Å². The number of likely N-dealkylation sites (N-methyl/N-ethyl adjacent to an activating group) is 1. The van der Waals surface area contributed by atoms with Gasteiger partial charge in [0.2, 0.25) is 0 Å². The number of benzene rings is 1. The molecule has 0 heterocycles. The highest BCUT2D eigenvalue weighted by Gasteiger charge is 2.37. The molecule has 0 radical (unpaired) electrons. The van der Waals surface area contributed by atoms with E-state index in [1.165, 1.54) is 0 Å². The van der Waals surface area contributed by atoms with E-state index in [9.17, 15) is 35.9 Å². The van der Waals surface area contributed by atoms with Gasteiger partial charge in [-0.1, -0.05) is 12.8 Å². The highest BCUT2D eigenvalue weighted by molar-refractivity contribution is 5.79. The van der Waals surface area contributed by atoms with Crippen molar-refractivity contribution in [1.82, 2.24) is 4.90 Å². The first-order chi connectivity index (χ1) is 14.3. The standard InChI is InChI=1S/C20H21F6N3O2/c1-29(2)14-6-4-3-5-13(14)28-16-15(17(30)18(16)31)27-12-8-10(19(21,22)23)7-11(9-12)20(24,25)26/h7-9,13-14,27-28H,3-6H2,1-2H3/t13-,14?/m0/s1. The fourth-order valence-corrected chi connectivity index (χ4v) is 3.90. The third-order valence-electron chi connectivity index (χ3n) is 5.49. The first-order valence-corrected chi connectivity index (χ1v) is 9.62. The number of rotatable bonds is 5. The molecule has 1 aliphatic carbocycles. The molecule has 1 aliphatic rings. The van der Waals surface area contributed by atoms with Crippen LogP contribution in [0.5, 0.6) is 0 Å². The van der Waals surface area contributed by atoms with E-state index in [0.717, 1.165) is 19.3 Å². The molecular weight excluding hydrogens is 428 g/mol. The summed E-state index contributed by atoms with van der Waals surface area (Å²) in [5.74, 6) is 0. The van der Waals surface area contributed by atoms with Gasteiger partial charge in [0.15, 0.2) is 0 Å². The van der Waals surface area contributed by atoms with Crippen LogP contribution in [0.4, 0.5) is 43.4 Å².